The molecule has 0 saturated carbocycles. The second kappa shape index (κ2) is 6.64. The summed E-state index contributed by atoms with van der Waals surface area (Å²) in [5, 5.41) is 5.46. The summed E-state index contributed by atoms with van der Waals surface area (Å²) in [6.45, 7) is 1.66. The highest BCUT2D eigenvalue weighted by atomic mass is 16.5. The van der Waals surface area contributed by atoms with Crippen molar-refractivity contribution in [3.63, 3.8) is 0 Å². The lowest BCUT2D eigenvalue weighted by Gasteiger charge is -2.23. The van der Waals surface area contributed by atoms with E-state index in [9.17, 15) is 14.4 Å². The van der Waals surface area contributed by atoms with Gasteiger partial charge in [0.05, 0.1) is 18.4 Å². The Balaban J connectivity index is 1.74. The summed E-state index contributed by atoms with van der Waals surface area (Å²) in [5.41, 5.74) is 1.77. The molecule has 2 amide bonds. The molecule has 2 N–H and O–H groups in total. The van der Waals surface area contributed by atoms with Crippen LogP contribution in [0.3, 0.4) is 0 Å². The summed E-state index contributed by atoms with van der Waals surface area (Å²) < 4.78 is 10.1. The second-order valence-electron chi connectivity index (χ2n) is 5.48. The number of amides is 2. The van der Waals surface area contributed by atoms with Crippen LogP contribution < -0.4 is 15.4 Å². The molecule has 25 heavy (non-hydrogen) atoms. The summed E-state index contributed by atoms with van der Waals surface area (Å²) in [7, 11) is 1.29. The minimum atomic E-state index is -0.554. The van der Waals surface area contributed by atoms with E-state index in [1.165, 1.54) is 31.4 Å². The molecule has 0 aromatic heterocycles. The fraction of sp³-hybridized carbons (Fsp3) is 0.167. The van der Waals surface area contributed by atoms with E-state index in [2.05, 4.69) is 15.4 Å². The Morgan fingerprint density at radius 1 is 1.12 bits per heavy atom. The van der Waals surface area contributed by atoms with E-state index in [1.54, 1.807) is 25.1 Å². The Labute approximate surface area is 143 Å². The van der Waals surface area contributed by atoms with Crippen molar-refractivity contribution in [2.24, 2.45) is 0 Å². The van der Waals surface area contributed by atoms with Crippen LogP contribution >= 0.6 is 0 Å². The fourth-order valence-corrected chi connectivity index (χ4v) is 2.37. The molecular weight excluding hydrogens is 324 g/mol. The highest BCUT2D eigenvalue weighted by molar-refractivity contribution is 6.05. The summed E-state index contributed by atoms with van der Waals surface area (Å²) in [5.74, 6) is -0.499. The number of ether oxygens (including phenoxy) is 2. The van der Waals surface area contributed by atoms with Crippen LogP contribution in [0.1, 0.15) is 27.6 Å². The van der Waals surface area contributed by atoms with Crippen LogP contribution in [-0.2, 0) is 9.53 Å². The summed E-state index contributed by atoms with van der Waals surface area (Å²) in [4.78, 5) is 35.4. The van der Waals surface area contributed by atoms with Gasteiger partial charge in [-0.05, 0) is 49.4 Å². The Kier molecular flexibility index (Phi) is 4.38. The minimum Gasteiger partial charge on any atom is -0.479 e. The van der Waals surface area contributed by atoms with Gasteiger partial charge in [0.15, 0.2) is 6.10 Å². The Bertz CT molecular complexity index is 845. The van der Waals surface area contributed by atoms with Crippen molar-refractivity contribution in [3.8, 4) is 5.75 Å². The first kappa shape index (κ1) is 16.5. The highest BCUT2D eigenvalue weighted by Gasteiger charge is 2.23. The maximum atomic E-state index is 12.3. The lowest BCUT2D eigenvalue weighted by molar-refractivity contribution is -0.122. The molecule has 3 rings (SSSR count). The third-order valence-electron chi connectivity index (χ3n) is 3.74. The molecule has 7 heteroatoms. The number of methoxy groups -OCH3 is 1. The number of fused-ring (bicyclic) bond motifs is 1. The molecule has 0 radical (unpaired) electrons. The summed E-state index contributed by atoms with van der Waals surface area (Å²) in [6, 6.07) is 11.1. The van der Waals surface area contributed by atoms with Crippen LogP contribution in [-0.4, -0.2) is 31.0 Å². The molecular formula is C18H16N2O5. The predicted octanol–water partition coefficient (Wildman–Crippen LogP) is 2.44. The van der Waals surface area contributed by atoms with Crippen LogP contribution in [0.15, 0.2) is 42.5 Å². The Morgan fingerprint density at radius 3 is 2.48 bits per heavy atom. The third kappa shape index (κ3) is 3.45. The topological polar surface area (TPSA) is 93.7 Å². The molecule has 2 aromatic rings. The number of carbonyl (C=O) groups is 3. The molecule has 1 heterocycles. The molecule has 1 unspecified atom stereocenters. The first-order valence-corrected chi connectivity index (χ1v) is 7.59. The van der Waals surface area contributed by atoms with E-state index in [1.807, 2.05) is 0 Å². The first-order valence-electron chi connectivity index (χ1n) is 7.59. The predicted molar refractivity (Wildman–Crippen MR) is 90.9 cm³/mol. The van der Waals surface area contributed by atoms with Gasteiger partial charge in [-0.1, -0.05) is 0 Å². The monoisotopic (exact) mass is 340 g/mol. The van der Waals surface area contributed by atoms with Gasteiger partial charge in [0.1, 0.15) is 5.75 Å². The number of nitrogens with one attached hydrogen (secondary N) is 2. The van der Waals surface area contributed by atoms with Crippen molar-refractivity contribution in [2.75, 3.05) is 17.7 Å². The third-order valence-corrected chi connectivity index (χ3v) is 3.74. The number of hydrogen-bond acceptors (Lipinski definition) is 5. The molecule has 0 bridgehead atoms. The zero-order valence-electron chi connectivity index (χ0n) is 13.7. The molecule has 0 aliphatic carbocycles. The lowest BCUT2D eigenvalue weighted by Crippen LogP contribution is -2.34. The van der Waals surface area contributed by atoms with Crippen molar-refractivity contribution in [3.05, 3.63) is 53.6 Å². The van der Waals surface area contributed by atoms with Crippen LogP contribution in [0.5, 0.6) is 5.75 Å². The number of esters is 1. The number of anilines is 2. The molecule has 1 aliphatic rings. The second-order valence-corrected chi connectivity index (χ2v) is 5.48. The van der Waals surface area contributed by atoms with Crippen molar-refractivity contribution < 1.29 is 23.9 Å². The van der Waals surface area contributed by atoms with E-state index < -0.39 is 12.1 Å². The van der Waals surface area contributed by atoms with E-state index in [0.29, 0.717) is 28.3 Å². The van der Waals surface area contributed by atoms with E-state index >= 15 is 0 Å². The maximum absolute atomic E-state index is 12.3. The first-order chi connectivity index (χ1) is 12.0. The zero-order valence-corrected chi connectivity index (χ0v) is 13.7. The largest absolute Gasteiger partial charge is 0.479 e. The van der Waals surface area contributed by atoms with Gasteiger partial charge >= 0.3 is 5.97 Å². The van der Waals surface area contributed by atoms with Crippen LogP contribution in [0.4, 0.5) is 11.4 Å². The van der Waals surface area contributed by atoms with E-state index in [4.69, 9.17) is 4.74 Å². The van der Waals surface area contributed by atoms with Crippen LogP contribution in [0.25, 0.3) is 0 Å². The van der Waals surface area contributed by atoms with E-state index in [0.717, 1.165) is 0 Å². The van der Waals surface area contributed by atoms with Gasteiger partial charge in [0.2, 0.25) is 0 Å². The number of rotatable bonds is 3. The lowest BCUT2D eigenvalue weighted by atomic mass is 10.1. The highest BCUT2D eigenvalue weighted by Crippen LogP contribution is 2.32. The van der Waals surface area contributed by atoms with Crippen molar-refractivity contribution in [1.82, 2.24) is 0 Å². The van der Waals surface area contributed by atoms with E-state index in [-0.39, 0.29) is 11.8 Å². The van der Waals surface area contributed by atoms with Gasteiger partial charge in [0, 0.05) is 11.3 Å². The zero-order chi connectivity index (χ0) is 18.0. The Morgan fingerprint density at radius 2 is 1.80 bits per heavy atom. The molecule has 128 valence electrons. The average molecular weight is 340 g/mol. The van der Waals surface area contributed by atoms with Gasteiger partial charge in [-0.3, -0.25) is 9.59 Å². The smallest absolute Gasteiger partial charge is 0.337 e. The van der Waals surface area contributed by atoms with Crippen molar-refractivity contribution in [1.29, 1.82) is 0 Å². The summed E-state index contributed by atoms with van der Waals surface area (Å²) >= 11 is 0. The molecule has 1 aliphatic heterocycles. The fourth-order valence-electron chi connectivity index (χ4n) is 2.37. The minimum absolute atomic E-state index is 0.241. The van der Waals surface area contributed by atoms with Gasteiger partial charge < -0.3 is 20.1 Å². The molecule has 2 aromatic carbocycles. The van der Waals surface area contributed by atoms with Crippen LogP contribution in [0, 0.1) is 0 Å². The maximum Gasteiger partial charge on any atom is 0.337 e. The standard InChI is InChI=1S/C18H16N2O5/c1-10-16(21)20-14-9-13(7-8-15(14)25-10)19-17(22)11-3-5-12(6-4-11)18(23)24-2/h3-10H,1-2H3,(H,19,22)(H,20,21). The van der Waals surface area contributed by atoms with Crippen LogP contribution in [0.2, 0.25) is 0 Å². The quantitative estimate of drug-likeness (QED) is 0.837. The normalized spacial score (nSPS) is 15.4. The number of hydrogen-bond donors (Lipinski definition) is 2. The molecule has 0 saturated heterocycles. The van der Waals surface area contributed by atoms with Gasteiger partial charge in [-0.2, -0.15) is 0 Å². The number of benzene rings is 2. The Hall–Kier alpha value is -3.35. The average Bonchev–Trinajstić information content (AvgIpc) is 2.62. The van der Waals surface area contributed by atoms with Crippen molar-refractivity contribution >= 4 is 29.2 Å². The molecule has 0 fully saturated rings. The number of carbonyl (C=O) groups excluding carboxylic acids is 3. The molecule has 0 spiro atoms. The molecule has 7 nitrogen and oxygen atoms in total. The van der Waals surface area contributed by atoms with Gasteiger partial charge in [-0.15, -0.1) is 0 Å². The van der Waals surface area contributed by atoms with Crippen molar-refractivity contribution in [2.45, 2.75) is 13.0 Å². The van der Waals surface area contributed by atoms with Gasteiger partial charge in [0.25, 0.3) is 11.8 Å². The van der Waals surface area contributed by atoms with Gasteiger partial charge in [-0.25, -0.2) is 4.79 Å². The summed E-state index contributed by atoms with van der Waals surface area (Å²) in [6.07, 6.45) is -0.554. The molecule has 1 atom stereocenters. The SMILES string of the molecule is COC(=O)c1ccc(C(=O)Nc2ccc3c(c2)NC(=O)C(C)O3)cc1.